The molecule has 110 valence electrons. The minimum atomic E-state index is 0.229. The Hall–Kier alpha value is -0.820. The van der Waals surface area contributed by atoms with E-state index >= 15 is 0 Å². The summed E-state index contributed by atoms with van der Waals surface area (Å²) in [4.78, 5) is 0. The van der Waals surface area contributed by atoms with Gasteiger partial charge in [-0.05, 0) is 36.7 Å². The van der Waals surface area contributed by atoms with Crippen molar-refractivity contribution >= 4 is 0 Å². The van der Waals surface area contributed by atoms with Gasteiger partial charge in [-0.25, -0.2) is 0 Å². The summed E-state index contributed by atoms with van der Waals surface area (Å²) in [5, 5.41) is 3.92. The van der Waals surface area contributed by atoms with Gasteiger partial charge in [-0.3, -0.25) is 0 Å². The number of hydrogen-bond acceptors (Lipinski definition) is 1. The zero-order valence-electron chi connectivity index (χ0n) is 13.1. The Morgan fingerprint density at radius 3 is 2.35 bits per heavy atom. The van der Waals surface area contributed by atoms with Gasteiger partial charge in [-0.1, -0.05) is 63.4 Å². The molecule has 0 bridgehead atoms. The average molecular weight is 271 g/mol. The fraction of sp³-hybridized carbons (Fsp3) is 0.684. The van der Waals surface area contributed by atoms with Gasteiger partial charge in [0.25, 0.3) is 0 Å². The fourth-order valence-electron chi connectivity index (χ4n) is 4.24. The molecule has 0 aromatic heterocycles. The Kier molecular flexibility index (Phi) is 3.90. The molecule has 1 nitrogen and oxygen atoms in total. The first kappa shape index (κ1) is 14.1. The van der Waals surface area contributed by atoms with E-state index in [4.69, 9.17) is 0 Å². The van der Waals surface area contributed by atoms with E-state index < -0.39 is 0 Å². The van der Waals surface area contributed by atoms with E-state index in [1.807, 2.05) is 0 Å². The summed E-state index contributed by atoms with van der Waals surface area (Å²) in [6, 6.07) is 11.7. The molecule has 1 spiro atoms. The molecule has 1 unspecified atom stereocenters. The van der Waals surface area contributed by atoms with Crippen LogP contribution in [0.1, 0.15) is 64.4 Å². The summed E-state index contributed by atoms with van der Waals surface area (Å²) < 4.78 is 0. The molecule has 1 atom stereocenters. The summed E-state index contributed by atoms with van der Waals surface area (Å²) in [5.74, 6) is 0. The molecule has 1 aromatic carbocycles. The van der Waals surface area contributed by atoms with Gasteiger partial charge < -0.3 is 5.32 Å². The quantitative estimate of drug-likeness (QED) is 0.839. The van der Waals surface area contributed by atoms with Gasteiger partial charge in [0.15, 0.2) is 0 Å². The minimum Gasteiger partial charge on any atom is -0.313 e. The van der Waals surface area contributed by atoms with Crippen LogP contribution in [0.25, 0.3) is 0 Å². The van der Waals surface area contributed by atoms with Crippen molar-refractivity contribution in [3.63, 3.8) is 0 Å². The molecule has 0 heterocycles. The Morgan fingerprint density at radius 2 is 1.75 bits per heavy atom. The number of benzene rings is 1. The van der Waals surface area contributed by atoms with Crippen LogP contribution in [-0.2, 0) is 5.41 Å². The molecule has 1 aromatic rings. The lowest BCUT2D eigenvalue weighted by atomic mass is 9.57. The Balaban J connectivity index is 1.59. The van der Waals surface area contributed by atoms with E-state index in [1.54, 1.807) is 0 Å². The van der Waals surface area contributed by atoms with Crippen molar-refractivity contribution in [3.05, 3.63) is 35.9 Å². The third kappa shape index (κ3) is 2.65. The van der Waals surface area contributed by atoms with Crippen LogP contribution in [0.15, 0.2) is 30.3 Å². The highest BCUT2D eigenvalue weighted by molar-refractivity contribution is 5.24. The SMILES string of the molecule is CC(C)(CNC1CCC12CCCCC2)c1ccccc1. The third-order valence-corrected chi connectivity index (χ3v) is 5.87. The van der Waals surface area contributed by atoms with Crippen LogP contribution in [0.2, 0.25) is 0 Å². The van der Waals surface area contributed by atoms with Crippen molar-refractivity contribution < 1.29 is 0 Å². The van der Waals surface area contributed by atoms with Gasteiger partial charge >= 0.3 is 0 Å². The molecule has 2 aliphatic rings. The maximum Gasteiger partial charge on any atom is 0.0124 e. The lowest BCUT2D eigenvalue weighted by Crippen LogP contribution is -2.56. The maximum absolute atomic E-state index is 3.92. The lowest BCUT2D eigenvalue weighted by Gasteiger charge is -2.53. The molecule has 0 radical (unpaired) electrons. The van der Waals surface area contributed by atoms with Crippen LogP contribution in [0.4, 0.5) is 0 Å². The molecule has 0 amide bonds. The summed E-state index contributed by atoms with van der Waals surface area (Å²) in [7, 11) is 0. The van der Waals surface area contributed by atoms with Crippen LogP contribution in [0.5, 0.6) is 0 Å². The molecule has 2 saturated carbocycles. The number of hydrogen-bond donors (Lipinski definition) is 1. The maximum atomic E-state index is 3.92. The molecule has 0 saturated heterocycles. The molecule has 2 aliphatic carbocycles. The first-order valence-corrected chi connectivity index (χ1v) is 8.41. The lowest BCUT2D eigenvalue weighted by molar-refractivity contribution is 0.0207. The highest BCUT2D eigenvalue weighted by Crippen LogP contribution is 2.51. The van der Waals surface area contributed by atoms with E-state index in [9.17, 15) is 0 Å². The first-order chi connectivity index (χ1) is 9.62. The van der Waals surface area contributed by atoms with Crippen LogP contribution in [0.3, 0.4) is 0 Å². The topological polar surface area (TPSA) is 12.0 Å². The molecule has 2 fully saturated rings. The summed E-state index contributed by atoms with van der Waals surface area (Å²) in [5.41, 5.74) is 2.35. The van der Waals surface area contributed by atoms with Gasteiger partial charge in [0.1, 0.15) is 0 Å². The van der Waals surface area contributed by atoms with Crippen molar-refractivity contribution in [2.24, 2.45) is 5.41 Å². The van der Waals surface area contributed by atoms with E-state index in [-0.39, 0.29) is 5.41 Å². The minimum absolute atomic E-state index is 0.229. The molecule has 20 heavy (non-hydrogen) atoms. The molecular formula is C19H29N. The Bertz CT molecular complexity index is 428. The highest BCUT2D eigenvalue weighted by Gasteiger charge is 2.46. The van der Waals surface area contributed by atoms with Crippen molar-refractivity contribution in [1.82, 2.24) is 5.32 Å². The second kappa shape index (κ2) is 5.52. The summed E-state index contributed by atoms with van der Waals surface area (Å²) in [6.07, 6.45) is 10.2. The summed E-state index contributed by atoms with van der Waals surface area (Å²) >= 11 is 0. The van der Waals surface area contributed by atoms with Crippen LogP contribution < -0.4 is 5.32 Å². The Labute approximate surface area is 124 Å². The number of nitrogens with one attached hydrogen (secondary N) is 1. The van der Waals surface area contributed by atoms with E-state index in [2.05, 4.69) is 49.5 Å². The van der Waals surface area contributed by atoms with Crippen molar-refractivity contribution in [2.45, 2.75) is 70.3 Å². The predicted molar refractivity (Wildman–Crippen MR) is 86.0 cm³/mol. The Morgan fingerprint density at radius 1 is 1.05 bits per heavy atom. The molecule has 1 N–H and O–H groups in total. The predicted octanol–water partition coefficient (Wildman–Crippen LogP) is 4.67. The zero-order valence-corrected chi connectivity index (χ0v) is 13.1. The number of rotatable bonds is 4. The molecule has 3 rings (SSSR count). The van der Waals surface area contributed by atoms with Crippen LogP contribution in [0, 0.1) is 5.41 Å². The zero-order chi connectivity index (χ0) is 14.1. The van der Waals surface area contributed by atoms with Gasteiger partial charge in [-0.15, -0.1) is 0 Å². The standard InChI is InChI=1S/C19H29N/c1-18(2,16-9-5-3-6-10-16)15-20-17-11-14-19(17)12-7-4-8-13-19/h3,5-6,9-10,17,20H,4,7-8,11-15H2,1-2H3. The monoisotopic (exact) mass is 271 g/mol. The van der Waals surface area contributed by atoms with E-state index in [0.717, 1.165) is 12.6 Å². The average Bonchev–Trinajstić information content (AvgIpc) is 2.48. The van der Waals surface area contributed by atoms with E-state index in [0.29, 0.717) is 5.41 Å². The van der Waals surface area contributed by atoms with Crippen molar-refractivity contribution in [3.8, 4) is 0 Å². The largest absolute Gasteiger partial charge is 0.313 e. The third-order valence-electron chi connectivity index (χ3n) is 5.87. The van der Waals surface area contributed by atoms with E-state index in [1.165, 1.54) is 50.5 Å². The van der Waals surface area contributed by atoms with Crippen molar-refractivity contribution in [2.75, 3.05) is 6.54 Å². The van der Waals surface area contributed by atoms with Gasteiger partial charge in [0.05, 0.1) is 0 Å². The molecule has 0 aliphatic heterocycles. The normalized spacial score (nSPS) is 25.4. The smallest absolute Gasteiger partial charge is 0.0124 e. The van der Waals surface area contributed by atoms with Gasteiger partial charge in [0.2, 0.25) is 0 Å². The summed E-state index contributed by atoms with van der Waals surface area (Å²) in [6.45, 7) is 5.83. The second-order valence-electron chi connectivity index (χ2n) is 7.65. The highest BCUT2D eigenvalue weighted by atomic mass is 15.0. The molecule has 1 heteroatoms. The fourth-order valence-corrected chi connectivity index (χ4v) is 4.24. The van der Waals surface area contributed by atoms with Crippen molar-refractivity contribution in [1.29, 1.82) is 0 Å². The van der Waals surface area contributed by atoms with Crippen LogP contribution >= 0.6 is 0 Å². The van der Waals surface area contributed by atoms with Gasteiger partial charge in [0, 0.05) is 18.0 Å². The van der Waals surface area contributed by atoms with Crippen LogP contribution in [-0.4, -0.2) is 12.6 Å². The van der Waals surface area contributed by atoms with Gasteiger partial charge in [-0.2, -0.15) is 0 Å². The first-order valence-electron chi connectivity index (χ1n) is 8.41. The molecular weight excluding hydrogens is 242 g/mol. The second-order valence-corrected chi connectivity index (χ2v) is 7.65.